The highest BCUT2D eigenvalue weighted by Gasteiger charge is 2.24. The summed E-state index contributed by atoms with van der Waals surface area (Å²) in [6, 6.07) is 0. The number of hydrogen-bond acceptors (Lipinski definition) is 7. The van der Waals surface area contributed by atoms with Crippen LogP contribution < -0.4 is 21.5 Å². The molecule has 11 heteroatoms. The Labute approximate surface area is 125 Å². The molecule has 0 radical (unpaired) electrons. The molecule has 1 aliphatic rings. The van der Waals surface area contributed by atoms with Gasteiger partial charge >= 0.3 is 7.60 Å². The van der Waals surface area contributed by atoms with Crippen molar-refractivity contribution in [2.24, 2.45) is 5.92 Å². The van der Waals surface area contributed by atoms with Gasteiger partial charge in [0.2, 0.25) is 5.95 Å². The molecule has 0 saturated carbocycles. The van der Waals surface area contributed by atoms with E-state index in [1.54, 1.807) is 4.90 Å². The number of fused-ring (bicyclic) bond motifs is 1. The number of aliphatic hydroxyl groups is 1. The van der Waals surface area contributed by atoms with E-state index < -0.39 is 13.5 Å². The summed E-state index contributed by atoms with van der Waals surface area (Å²) in [7, 11) is -4.24. The van der Waals surface area contributed by atoms with Gasteiger partial charge in [0.05, 0.1) is 6.67 Å². The molecule has 7 N–H and O–H groups in total. The highest BCUT2D eigenvalue weighted by atomic mass is 31.2. The quantitative estimate of drug-likeness (QED) is 0.367. The van der Waals surface area contributed by atoms with Crippen LogP contribution in [0.2, 0.25) is 0 Å². The zero-order valence-corrected chi connectivity index (χ0v) is 12.5. The number of nitrogens with zero attached hydrogens (tertiary/aromatic N) is 2. The molecule has 1 aromatic heterocycles. The fourth-order valence-electron chi connectivity index (χ4n) is 2.10. The van der Waals surface area contributed by atoms with Gasteiger partial charge in [0.1, 0.15) is 5.69 Å². The van der Waals surface area contributed by atoms with E-state index in [-0.39, 0.29) is 18.1 Å². The minimum atomic E-state index is -4.24. The smallest absolute Gasteiger partial charge is 0.348 e. The minimum Gasteiger partial charge on any atom is -0.396 e. The van der Waals surface area contributed by atoms with Crippen LogP contribution in [0.1, 0.15) is 6.42 Å². The summed E-state index contributed by atoms with van der Waals surface area (Å²) in [5.74, 6) is 0.816. The molecule has 2 heterocycles. The van der Waals surface area contributed by atoms with E-state index in [2.05, 4.69) is 15.3 Å². The summed E-state index contributed by atoms with van der Waals surface area (Å²) in [6.45, 7) is 0.567. The fourth-order valence-corrected chi connectivity index (χ4v) is 2.57. The van der Waals surface area contributed by atoms with E-state index in [9.17, 15) is 14.5 Å². The van der Waals surface area contributed by atoms with E-state index in [0.29, 0.717) is 31.1 Å². The summed E-state index contributed by atoms with van der Waals surface area (Å²) in [5, 5.41) is 12.2. The first-order valence-corrected chi connectivity index (χ1v) is 8.22. The predicted octanol–water partition coefficient (Wildman–Crippen LogP) is -0.769. The lowest BCUT2D eigenvalue weighted by molar-refractivity contribution is 0.247. The van der Waals surface area contributed by atoms with E-state index in [0.717, 1.165) is 5.82 Å². The first-order valence-electron chi connectivity index (χ1n) is 6.54. The maximum Gasteiger partial charge on any atom is 0.348 e. The van der Waals surface area contributed by atoms with Crippen LogP contribution in [0.5, 0.6) is 0 Å². The third-order valence-corrected chi connectivity index (χ3v) is 3.78. The van der Waals surface area contributed by atoms with Crippen LogP contribution in [-0.2, 0) is 4.57 Å². The Bertz CT molecular complexity index is 669. The molecule has 122 valence electrons. The van der Waals surface area contributed by atoms with Crippen molar-refractivity contribution >= 4 is 25.0 Å². The van der Waals surface area contributed by atoms with Crippen molar-refractivity contribution in [3.63, 3.8) is 0 Å². The molecule has 1 aliphatic heterocycles. The molecule has 1 atom stereocenters. The Morgan fingerprint density at radius 3 is 2.86 bits per heavy atom. The number of aromatic amines is 1. The van der Waals surface area contributed by atoms with Crippen LogP contribution >= 0.6 is 7.60 Å². The molecule has 2 rings (SSSR count). The molecular formula is C11H18N5O5P. The number of nitrogens with one attached hydrogen (secondary N) is 2. The first kappa shape index (κ1) is 16.5. The van der Waals surface area contributed by atoms with Gasteiger partial charge in [-0.15, -0.1) is 0 Å². The van der Waals surface area contributed by atoms with Crippen molar-refractivity contribution in [2.45, 2.75) is 6.42 Å². The number of aromatic nitrogens is 2. The molecule has 1 aromatic rings. The zero-order valence-electron chi connectivity index (χ0n) is 11.6. The third-order valence-electron chi connectivity index (χ3n) is 3.22. The molecule has 1 unspecified atom stereocenters. The summed E-state index contributed by atoms with van der Waals surface area (Å²) < 4.78 is 10.8. The third kappa shape index (κ3) is 4.08. The monoisotopic (exact) mass is 331 g/mol. The summed E-state index contributed by atoms with van der Waals surface area (Å²) in [4.78, 5) is 37.5. The molecule has 10 nitrogen and oxygen atoms in total. The highest BCUT2D eigenvalue weighted by molar-refractivity contribution is 7.55. The van der Waals surface area contributed by atoms with Gasteiger partial charge in [-0.3, -0.25) is 14.3 Å². The van der Waals surface area contributed by atoms with E-state index >= 15 is 0 Å². The molecule has 0 aliphatic carbocycles. The van der Waals surface area contributed by atoms with Crippen LogP contribution in [0.3, 0.4) is 0 Å². The van der Waals surface area contributed by atoms with Gasteiger partial charge in [0, 0.05) is 24.9 Å². The van der Waals surface area contributed by atoms with Crippen molar-refractivity contribution in [1.82, 2.24) is 9.97 Å². The lowest BCUT2D eigenvalue weighted by Crippen LogP contribution is -2.26. The second-order valence-electron chi connectivity index (χ2n) is 4.91. The molecule has 22 heavy (non-hydrogen) atoms. The number of H-pyrrole nitrogens is 1. The summed E-state index contributed by atoms with van der Waals surface area (Å²) in [6.07, 6.45) is 1.73. The predicted molar refractivity (Wildman–Crippen MR) is 81.5 cm³/mol. The maximum atomic E-state index is 11.7. The fraction of sp³-hybridized carbons (Fsp3) is 0.455. The molecular weight excluding hydrogens is 313 g/mol. The van der Waals surface area contributed by atoms with Crippen LogP contribution in [0.15, 0.2) is 16.7 Å². The Balaban J connectivity index is 2.04. The number of rotatable bonds is 6. The van der Waals surface area contributed by atoms with Crippen LogP contribution in [-0.4, -0.2) is 44.7 Å². The average molecular weight is 331 g/mol. The van der Waals surface area contributed by atoms with Crippen molar-refractivity contribution in [3.05, 3.63) is 22.2 Å². The largest absolute Gasteiger partial charge is 0.396 e. The Morgan fingerprint density at radius 2 is 2.23 bits per heavy atom. The number of anilines is 3. The van der Waals surface area contributed by atoms with Gasteiger partial charge in [-0.2, -0.15) is 4.98 Å². The molecule has 0 fully saturated rings. The van der Waals surface area contributed by atoms with E-state index in [1.807, 2.05) is 0 Å². The van der Waals surface area contributed by atoms with Gasteiger partial charge in [0.25, 0.3) is 5.56 Å². The van der Waals surface area contributed by atoms with E-state index in [1.165, 1.54) is 6.08 Å². The van der Waals surface area contributed by atoms with Crippen molar-refractivity contribution in [1.29, 1.82) is 0 Å². The topological polar surface area (TPSA) is 165 Å². The number of nitrogen functional groups attached to an aromatic ring is 1. The van der Waals surface area contributed by atoms with Gasteiger partial charge in [-0.25, -0.2) is 0 Å². The van der Waals surface area contributed by atoms with Gasteiger partial charge in [0.15, 0.2) is 5.82 Å². The Morgan fingerprint density at radius 1 is 1.50 bits per heavy atom. The lowest BCUT2D eigenvalue weighted by atomic mass is 10.1. The van der Waals surface area contributed by atoms with E-state index in [4.69, 9.17) is 15.5 Å². The Kier molecular flexibility index (Phi) is 4.87. The van der Waals surface area contributed by atoms with Crippen molar-refractivity contribution in [3.8, 4) is 0 Å². The van der Waals surface area contributed by atoms with Gasteiger partial charge < -0.3 is 30.8 Å². The second-order valence-corrected chi connectivity index (χ2v) is 6.39. The summed E-state index contributed by atoms with van der Waals surface area (Å²) >= 11 is 0. The molecule has 0 amide bonds. The highest BCUT2D eigenvalue weighted by Crippen LogP contribution is 2.36. The van der Waals surface area contributed by atoms with Crippen molar-refractivity contribution < 1.29 is 19.5 Å². The zero-order chi connectivity index (χ0) is 16.3. The van der Waals surface area contributed by atoms with Crippen molar-refractivity contribution in [2.75, 3.05) is 35.8 Å². The second kappa shape index (κ2) is 6.49. The average Bonchev–Trinajstić information content (AvgIpc) is 2.81. The SMILES string of the molecule is Nc1nc2c(c(=O)[nH]1)NCN2CCC(C=CP(=O)(O)O)CO. The maximum absolute atomic E-state index is 11.7. The number of aliphatic hydroxyl groups excluding tert-OH is 1. The molecule has 0 spiro atoms. The van der Waals surface area contributed by atoms with Crippen LogP contribution in [0.4, 0.5) is 17.5 Å². The summed E-state index contributed by atoms with van der Waals surface area (Å²) in [5.41, 5.74) is 5.49. The number of hydrogen-bond donors (Lipinski definition) is 6. The molecule has 0 saturated heterocycles. The standard InChI is InChI=1S/C11H18N5O5P/c12-11-14-9-8(10(18)15-11)13-6-16(9)3-1-7(5-17)2-4-22(19,20)21/h2,4,7,13,17H,1,3,5-6H2,(H2,19,20,21)(H3,12,14,15,18). The molecule has 0 bridgehead atoms. The Hall–Kier alpha value is -1.87. The normalized spacial score (nSPS) is 15.9. The number of nitrogens with two attached hydrogens (primary N) is 1. The van der Waals surface area contributed by atoms with Gasteiger partial charge in [-0.1, -0.05) is 6.08 Å². The van der Waals surface area contributed by atoms with Crippen LogP contribution in [0, 0.1) is 5.92 Å². The molecule has 0 aromatic carbocycles. The van der Waals surface area contributed by atoms with Crippen LogP contribution in [0.25, 0.3) is 0 Å². The lowest BCUT2D eigenvalue weighted by Gasteiger charge is -2.19. The minimum absolute atomic E-state index is 0.0116. The first-order chi connectivity index (χ1) is 10.3. The van der Waals surface area contributed by atoms with Gasteiger partial charge in [-0.05, 0) is 6.42 Å².